The smallest absolute Gasteiger partial charge is 0.220 e. The Kier molecular flexibility index (Phi) is 39.0. The molecule has 7 unspecified atom stereocenters. The van der Waals surface area contributed by atoms with Gasteiger partial charge in [-0.3, -0.25) is 4.79 Å². The molecule has 352 valence electrons. The van der Waals surface area contributed by atoms with Crippen LogP contribution in [-0.4, -0.2) is 87.5 Å². The zero-order valence-corrected chi connectivity index (χ0v) is 38.7. The first kappa shape index (κ1) is 56.4. The van der Waals surface area contributed by atoms with Gasteiger partial charge in [0.25, 0.3) is 0 Å². The summed E-state index contributed by atoms with van der Waals surface area (Å²) < 4.78 is 11.2. The molecule has 60 heavy (non-hydrogen) atoms. The van der Waals surface area contributed by atoms with Crippen molar-refractivity contribution in [2.75, 3.05) is 13.2 Å². The Labute approximate surface area is 368 Å². The highest BCUT2D eigenvalue weighted by Crippen LogP contribution is 2.23. The topological polar surface area (TPSA) is 149 Å². The van der Waals surface area contributed by atoms with Crippen LogP contribution in [0.1, 0.15) is 226 Å². The molecule has 1 aliphatic heterocycles. The van der Waals surface area contributed by atoms with E-state index in [1.807, 2.05) is 6.08 Å². The van der Waals surface area contributed by atoms with Gasteiger partial charge in [-0.05, 0) is 51.4 Å². The first-order chi connectivity index (χ1) is 29.3. The van der Waals surface area contributed by atoms with Crippen molar-refractivity contribution in [1.82, 2.24) is 5.32 Å². The molecular weight excluding hydrogens is 755 g/mol. The number of ether oxygens (including phenoxy) is 2. The fraction of sp³-hybridized carbons (Fsp3) is 0.863. The van der Waals surface area contributed by atoms with Crippen LogP contribution in [0.3, 0.4) is 0 Å². The first-order valence-corrected chi connectivity index (χ1v) is 25.2. The molecule has 0 bridgehead atoms. The van der Waals surface area contributed by atoms with Crippen LogP contribution in [0.15, 0.2) is 36.5 Å². The van der Waals surface area contributed by atoms with Gasteiger partial charge in [0.05, 0.1) is 25.4 Å². The molecule has 1 rings (SSSR count). The van der Waals surface area contributed by atoms with E-state index >= 15 is 0 Å². The van der Waals surface area contributed by atoms with Gasteiger partial charge in [-0.2, -0.15) is 0 Å². The molecule has 1 saturated heterocycles. The number of hydrogen-bond donors (Lipinski definition) is 6. The van der Waals surface area contributed by atoms with Crippen LogP contribution in [-0.2, 0) is 14.3 Å². The third kappa shape index (κ3) is 31.3. The zero-order chi connectivity index (χ0) is 43.7. The summed E-state index contributed by atoms with van der Waals surface area (Å²) in [5.74, 6) is -0.190. The number of aliphatic hydroxyl groups is 5. The summed E-state index contributed by atoms with van der Waals surface area (Å²) in [6, 6.07) is -0.811. The molecule has 1 aliphatic rings. The van der Waals surface area contributed by atoms with Crippen LogP contribution >= 0.6 is 0 Å². The molecular formula is C51H95NO8. The number of amides is 1. The van der Waals surface area contributed by atoms with Crippen molar-refractivity contribution < 1.29 is 39.8 Å². The molecule has 0 aromatic carbocycles. The highest BCUT2D eigenvalue weighted by Gasteiger charge is 2.44. The van der Waals surface area contributed by atoms with Crippen molar-refractivity contribution in [3.8, 4) is 0 Å². The van der Waals surface area contributed by atoms with E-state index in [1.54, 1.807) is 6.08 Å². The number of aliphatic hydroxyl groups excluding tert-OH is 5. The second-order valence-corrected chi connectivity index (χ2v) is 17.6. The van der Waals surface area contributed by atoms with Gasteiger partial charge in [0.2, 0.25) is 5.91 Å². The predicted molar refractivity (Wildman–Crippen MR) is 249 cm³/mol. The van der Waals surface area contributed by atoms with E-state index < -0.39 is 49.5 Å². The Morgan fingerprint density at radius 3 is 1.47 bits per heavy atom. The number of allylic oxidation sites excluding steroid dienone is 5. The van der Waals surface area contributed by atoms with Crippen molar-refractivity contribution >= 4 is 5.91 Å². The summed E-state index contributed by atoms with van der Waals surface area (Å²) in [5, 5.41) is 54.3. The maximum absolute atomic E-state index is 13.0. The lowest BCUT2D eigenvalue weighted by Gasteiger charge is -2.40. The number of carbonyl (C=O) groups excluding carboxylic acids is 1. The monoisotopic (exact) mass is 850 g/mol. The van der Waals surface area contributed by atoms with Crippen LogP contribution in [0.25, 0.3) is 0 Å². The van der Waals surface area contributed by atoms with Crippen LogP contribution in [0.5, 0.6) is 0 Å². The van der Waals surface area contributed by atoms with Crippen LogP contribution < -0.4 is 5.32 Å². The van der Waals surface area contributed by atoms with Gasteiger partial charge in [0, 0.05) is 6.42 Å². The predicted octanol–water partition coefficient (Wildman–Crippen LogP) is 11.2. The van der Waals surface area contributed by atoms with Crippen LogP contribution in [0, 0.1) is 0 Å². The minimum Gasteiger partial charge on any atom is -0.394 e. The summed E-state index contributed by atoms with van der Waals surface area (Å²) in [4.78, 5) is 13.0. The quantitative estimate of drug-likeness (QED) is 0.0263. The van der Waals surface area contributed by atoms with Gasteiger partial charge in [-0.25, -0.2) is 0 Å². The molecule has 9 nitrogen and oxygen atoms in total. The molecule has 0 aromatic rings. The number of hydrogen-bond acceptors (Lipinski definition) is 8. The second-order valence-electron chi connectivity index (χ2n) is 17.6. The van der Waals surface area contributed by atoms with Gasteiger partial charge in [0.1, 0.15) is 24.4 Å². The third-order valence-electron chi connectivity index (χ3n) is 12.0. The largest absolute Gasteiger partial charge is 0.394 e. The lowest BCUT2D eigenvalue weighted by molar-refractivity contribution is -0.302. The highest BCUT2D eigenvalue weighted by molar-refractivity contribution is 5.76. The molecule has 9 heteroatoms. The lowest BCUT2D eigenvalue weighted by Crippen LogP contribution is -2.60. The van der Waals surface area contributed by atoms with E-state index in [4.69, 9.17) is 9.47 Å². The average Bonchev–Trinajstić information content (AvgIpc) is 3.25. The molecule has 0 radical (unpaired) electrons. The fourth-order valence-corrected chi connectivity index (χ4v) is 7.89. The van der Waals surface area contributed by atoms with Gasteiger partial charge in [-0.1, -0.05) is 204 Å². The summed E-state index contributed by atoms with van der Waals surface area (Å²) in [5.41, 5.74) is 0. The molecule has 7 atom stereocenters. The highest BCUT2D eigenvalue weighted by atomic mass is 16.7. The van der Waals surface area contributed by atoms with E-state index in [2.05, 4.69) is 43.5 Å². The average molecular weight is 850 g/mol. The van der Waals surface area contributed by atoms with E-state index in [9.17, 15) is 30.3 Å². The Bertz CT molecular complexity index is 1030. The van der Waals surface area contributed by atoms with Crippen molar-refractivity contribution in [1.29, 1.82) is 0 Å². The van der Waals surface area contributed by atoms with Gasteiger partial charge in [0.15, 0.2) is 6.29 Å². The van der Waals surface area contributed by atoms with Gasteiger partial charge in [-0.15, -0.1) is 0 Å². The summed E-state index contributed by atoms with van der Waals surface area (Å²) in [6.07, 6.45) is 44.8. The Hall–Kier alpha value is -1.59. The Morgan fingerprint density at radius 1 is 0.567 bits per heavy atom. The van der Waals surface area contributed by atoms with E-state index in [-0.39, 0.29) is 12.5 Å². The number of unbranched alkanes of at least 4 members (excludes halogenated alkanes) is 28. The number of carbonyl (C=O) groups is 1. The lowest BCUT2D eigenvalue weighted by atomic mass is 9.99. The maximum Gasteiger partial charge on any atom is 0.220 e. The van der Waals surface area contributed by atoms with E-state index in [1.165, 1.54) is 141 Å². The van der Waals surface area contributed by atoms with Crippen molar-refractivity contribution in [3.05, 3.63) is 36.5 Å². The first-order valence-electron chi connectivity index (χ1n) is 25.2. The van der Waals surface area contributed by atoms with E-state index in [0.717, 1.165) is 64.2 Å². The minimum absolute atomic E-state index is 0.190. The van der Waals surface area contributed by atoms with Crippen molar-refractivity contribution in [2.45, 2.75) is 269 Å². The number of nitrogens with one attached hydrogen (secondary N) is 1. The minimum atomic E-state index is -1.57. The fourth-order valence-electron chi connectivity index (χ4n) is 7.89. The molecule has 6 N–H and O–H groups in total. The molecule has 1 heterocycles. The molecule has 0 aliphatic carbocycles. The van der Waals surface area contributed by atoms with Gasteiger partial charge < -0.3 is 40.3 Å². The summed E-state index contributed by atoms with van der Waals surface area (Å²) >= 11 is 0. The summed E-state index contributed by atoms with van der Waals surface area (Å²) in [7, 11) is 0. The molecule has 1 amide bonds. The second kappa shape index (κ2) is 41.4. The SMILES string of the molecule is CCCCC/C=C\C/C=C\CCCCCCCC(=O)NC(COC1OC(CO)C(O)C(O)C1O)C(O)/C=C/CCCCCCCCCCCCCCCCCCCCCC. The summed E-state index contributed by atoms with van der Waals surface area (Å²) in [6.45, 7) is 3.75. The standard InChI is InChI=1S/C51H95NO8/c1-3-5-7-9-11-13-15-17-19-20-21-22-23-24-25-27-28-30-32-34-36-38-40-45(54)44(43-59-51-50(58)49(57)48(56)46(42-53)60-51)52-47(55)41-39-37-35-33-31-29-26-18-16-14-12-10-8-6-4-2/h12,14,18,26,38,40,44-46,48-51,53-54,56-58H,3-11,13,15-17,19-25,27-37,39,41-43H2,1-2H3,(H,52,55)/b14-12-,26-18-,40-38+. The van der Waals surface area contributed by atoms with Gasteiger partial charge >= 0.3 is 0 Å². The van der Waals surface area contributed by atoms with Crippen LogP contribution in [0.2, 0.25) is 0 Å². The normalized spacial score (nSPS) is 20.8. The molecule has 0 saturated carbocycles. The Balaban J connectivity index is 2.30. The van der Waals surface area contributed by atoms with Crippen molar-refractivity contribution in [3.63, 3.8) is 0 Å². The third-order valence-corrected chi connectivity index (χ3v) is 12.0. The zero-order valence-electron chi connectivity index (χ0n) is 38.7. The van der Waals surface area contributed by atoms with E-state index in [0.29, 0.717) is 6.42 Å². The molecule has 0 spiro atoms. The van der Waals surface area contributed by atoms with Crippen molar-refractivity contribution in [2.24, 2.45) is 0 Å². The number of rotatable bonds is 42. The maximum atomic E-state index is 13.0. The molecule has 1 fully saturated rings. The molecule has 0 aromatic heterocycles. The van der Waals surface area contributed by atoms with Crippen LogP contribution in [0.4, 0.5) is 0 Å². The Morgan fingerprint density at radius 2 is 0.983 bits per heavy atom.